The molecule has 9 nitrogen and oxygen atoms in total. The van der Waals surface area contributed by atoms with Crippen molar-refractivity contribution in [3.63, 3.8) is 0 Å². The first-order valence-corrected chi connectivity index (χ1v) is 13.2. The van der Waals surface area contributed by atoms with Gasteiger partial charge in [0.05, 0.1) is 11.3 Å². The quantitative estimate of drug-likeness (QED) is 0.256. The Balaban J connectivity index is 1.25. The second-order valence-corrected chi connectivity index (χ2v) is 10.9. The molecule has 2 fully saturated rings. The van der Waals surface area contributed by atoms with Gasteiger partial charge in [0.2, 0.25) is 5.27 Å². The first-order chi connectivity index (χ1) is 19.0. The lowest BCUT2D eigenvalue weighted by Crippen LogP contribution is -2.57. The van der Waals surface area contributed by atoms with Crippen molar-refractivity contribution in [3.05, 3.63) is 65.9 Å². The van der Waals surface area contributed by atoms with E-state index in [0.717, 1.165) is 50.9 Å². The van der Waals surface area contributed by atoms with Crippen LogP contribution < -0.4 is 20.4 Å². The van der Waals surface area contributed by atoms with Crippen molar-refractivity contribution < 1.29 is 32.3 Å². The van der Waals surface area contributed by atoms with Crippen molar-refractivity contribution >= 4 is 29.2 Å². The van der Waals surface area contributed by atoms with Gasteiger partial charge in [0.1, 0.15) is 0 Å². The number of nitrogens with one attached hydrogen (secondary N) is 2. The first kappa shape index (κ1) is 27.6. The molecule has 3 aromatic rings. The Morgan fingerprint density at radius 1 is 1.18 bits per heavy atom. The summed E-state index contributed by atoms with van der Waals surface area (Å²) in [5.74, 6) is -1.20. The minimum absolute atomic E-state index is 0.0601. The highest BCUT2D eigenvalue weighted by molar-refractivity contribution is 5.99. The summed E-state index contributed by atoms with van der Waals surface area (Å²) in [7, 11) is 2.12. The Kier molecular flexibility index (Phi) is 7.54. The molecule has 12 heteroatoms. The van der Waals surface area contributed by atoms with Gasteiger partial charge in [-0.15, -0.1) is 0 Å². The summed E-state index contributed by atoms with van der Waals surface area (Å²) in [5.41, 5.74) is -0.357. The van der Waals surface area contributed by atoms with Gasteiger partial charge in [0, 0.05) is 37.5 Å². The van der Waals surface area contributed by atoms with Gasteiger partial charge >= 0.3 is 18.1 Å². The molecule has 0 radical (unpaired) electrons. The number of urea groups is 1. The first-order valence-electron chi connectivity index (χ1n) is 13.2. The third-order valence-electron chi connectivity index (χ3n) is 7.73. The smallest absolute Gasteiger partial charge is 0.416 e. The monoisotopic (exact) mass is 556 g/mol. The fourth-order valence-corrected chi connectivity index (χ4v) is 5.67. The van der Waals surface area contributed by atoms with Crippen LogP contribution in [0.2, 0.25) is 0 Å². The molecule has 2 aromatic carbocycles. The van der Waals surface area contributed by atoms with Crippen LogP contribution >= 0.6 is 0 Å². The number of alkyl halides is 3. The van der Waals surface area contributed by atoms with Crippen LogP contribution in [-0.4, -0.2) is 42.2 Å². The van der Waals surface area contributed by atoms with Crippen LogP contribution in [0.25, 0.3) is 0 Å². The van der Waals surface area contributed by atoms with E-state index in [1.807, 2.05) is 0 Å². The lowest BCUT2D eigenvalue weighted by molar-refractivity contribution is -0.788. The molecule has 2 heterocycles. The van der Waals surface area contributed by atoms with E-state index in [2.05, 4.69) is 32.8 Å². The summed E-state index contributed by atoms with van der Waals surface area (Å²) in [6.45, 7) is 3.85. The maximum absolute atomic E-state index is 13.6. The van der Waals surface area contributed by atoms with Crippen LogP contribution in [0.15, 0.2) is 64.2 Å². The van der Waals surface area contributed by atoms with Crippen molar-refractivity contribution in [1.82, 2.24) is 10.2 Å². The van der Waals surface area contributed by atoms with E-state index in [4.69, 9.17) is 4.52 Å². The van der Waals surface area contributed by atoms with Gasteiger partial charge < -0.3 is 15.3 Å². The van der Waals surface area contributed by atoms with Crippen molar-refractivity contribution in [1.29, 1.82) is 0 Å². The Hall–Kier alpha value is -3.93. The largest absolute Gasteiger partial charge is 0.861 e. The van der Waals surface area contributed by atoms with Crippen LogP contribution in [0, 0.1) is 5.41 Å². The van der Waals surface area contributed by atoms with Crippen molar-refractivity contribution in [3.8, 4) is 0 Å². The van der Waals surface area contributed by atoms with E-state index in [-0.39, 0.29) is 23.3 Å². The van der Waals surface area contributed by atoms with Gasteiger partial charge in [-0.3, -0.25) is 14.8 Å². The number of carbonyl (C=O) groups excluding carboxylic acids is 1. The van der Waals surface area contributed by atoms with E-state index in [1.54, 1.807) is 48.1 Å². The molecular formula is C28H31F3N6O3. The second kappa shape index (κ2) is 10.9. The Morgan fingerprint density at radius 3 is 2.52 bits per heavy atom. The fraction of sp³-hybridized carbons (Fsp3) is 0.429. The molecule has 2 amide bonds. The topological polar surface area (TPSA) is 110 Å². The van der Waals surface area contributed by atoms with Gasteiger partial charge in [-0.05, 0) is 59.6 Å². The van der Waals surface area contributed by atoms with E-state index in [9.17, 15) is 23.1 Å². The molecule has 212 valence electrons. The molecule has 5 rings (SSSR count). The van der Waals surface area contributed by atoms with Gasteiger partial charge in [-0.25, -0.2) is 4.79 Å². The minimum Gasteiger partial charge on any atom is -0.861 e. The molecule has 1 aliphatic heterocycles. The molecule has 1 atom stereocenters. The number of benzene rings is 2. The number of aromatic nitrogens is 2. The van der Waals surface area contributed by atoms with Crippen LogP contribution in [0.3, 0.4) is 0 Å². The maximum Gasteiger partial charge on any atom is 0.416 e. The summed E-state index contributed by atoms with van der Waals surface area (Å²) in [4.78, 5) is 18.8. The Labute approximate surface area is 229 Å². The molecule has 0 bridgehead atoms. The number of halogens is 3. The molecule has 0 unspecified atom stereocenters. The third kappa shape index (κ3) is 6.27. The summed E-state index contributed by atoms with van der Waals surface area (Å²) in [5, 5.41) is 21.5. The summed E-state index contributed by atoms with van der Waals surface area (Å²) < 4.78 is 47.7. The molecule has 1 saturated carbocycles. The SMILES string of the molecule is C[C@H](C([O-])=Nc1cc(NC(=O)Nc2c[n+](C3CCC4(CC3)CN(C)C4)no2)cc(C(F)(F)F)c1)c1ccccc1. The number of rotatable bonds is 6. The minimum atomic E-state index is -4.71. The zero-order valence-electron chi connectivity index (χ0n) is 22.2. The Morgan fingerprint density at radius 2 is 1.88 bits per heavy atom. The predicted octanol–water partition coefficient (Wildman–Crippen LogP) is 4.87. The number of nitrogens with zero attached hydrogens (tertiary/aromatic N) is 4. The zero-order valence-corrected chi connectivity index (χ0v) is 22.2. The Bertz CT molecular complexity index is 1380. The van der Waals surface area contributed by atoms with Crippen molar-refractivity contribution in [2.24, 2.45) is 10.4 Å². The van der Waals surface area contributed by atoms with E-state index >= 15 is 0 Å². The normalized spacial score (nSPS) is 18.8. The lowest BCUT2D eigenvalue weighted by Gasteiger charge is -2.51. The van der Waals surface area contributed by atoms with Gasteiger partial charge in [0.15, 0.2) is 6.04 Å². The van der Waals surface area contributed by atoms with Gasteiger partial charge in [0.25, 0.3) is 6.20 Å². The third-order valence-corrected chi connectivity index (χ3v) is 7.73. The summed E-state index contributed by atoms with van der Waals surface area (Å²) >= 11 is 0. The van der Waals surface area contributed by atoms with Crippen molar-refractivity contribution in [2.75, 3.05) is 30.8 Å². The van der Waals surface area contributed by atoms with Crippen LogP contribution in [0.1, 0.15) is 55.7 Å². The number of hydrogen-bond acceptors (Lipinski definition) is 6. The zero-order chi connectivity index (χ0) is 28.5. The number of hydrogen-bond donors (Lipinski definition) is 2. The molecule has 2 aliphatic rings. The molecule has 1 aromatic heterocycles. The highest BCUT2D eigenvalue weighted by Gasteiger charge is 2.46. The average Bonchev–Trinajstić information content (AvgIpc) is 3.36. The highest BCUT2D eigenvalue weighted by Crippen LogP contribution is 2.45. The van der Waals surface area contributed by atoms with E-state index < -0.39 is 29.6 Å². The van der Waals surface area contributed by atoms with Gasteiger partial charge in [-0.2, -0.15) is 13.2 Å². The molecule has 2 N–H and O–H groups in total. The van der Waals surface area contributed by atoms with Crippen molar-refractivity contribution in [2.45, 2.75) is 50.7 Å². The number of likely N-dealkylation sites (tertiary alicyclic amines) is 1. The van der Waals surface area contributed by atoms with Crippen LogP contribution in [0.4, 0.5) is 35.2 Å². The summed E-state index contributed by atoms with van der Waals surface area (Å²) in [6.07, 6.45) is 0.965. The standard InChI is InChI=1S/C28H31F3N6O3/c1-18(19-6-4-3-5-7-19)25(38)32-21-12-20(28(29,30)31)13-22(14-21)33-26(39)34-24-15-37(35-40-24)23-8-10-27(11-9-23)16-36(2)17-27/h3-7,12-15,18,23H,8-11,16-17H2,1-2H3,(H2-,32,33,34,35,38,39)/t18-/m0/s1. The molecule has 1 spiro atoms. The average molecular weight is 557 g/mol. The fourth-order valence-electron chi connectivity index (χ4n) is 5.67. The number of anilines is 2. The predicted molar refractivity (Wildman–Crippen MR) is 140 cm³/mol. The van der Waals surface area contributed by atoms with E-state index in [1.165, 1.54) is 6.07 Å². The lowest BCUT2D eigenvalue weighted by atomic mass is 9.67. The van der Waals surface area contributed by atoms with Gasteiger partial charge in [-0.1, -0.05) is 37.3 Å². The maximum atomic E-state index is 13.6. The number of aliphatic imine (C=N–C) groups is 1. The van der Waals surface area contributed by atoms with E-state index in [0.29, 0.717) is 11.0 Å². The molecular weight excluding hydrogens is 525 g/mol. The second-order valence-electron chi connectivity index (χ2n) is 10.9. The molecule has 1 aliphatic carbocycles. The number of carbonyl (C=O) groups is 1. The molecule has 1 saturated heterocycles. The van der Waals surface area contributed by atoms with Crippen LogP contribution in [-0.2, 0) is 6.18 Å². The summed E-state index contributed by atoms with van der Waals surface area (Å²) in [6, 6.07) is 10.9. The highest BCUT2D eigenvalue weighted by atomic mass is 19.4. The molecule has 40 heavy (non-hydrogen) atoms. The van der Waals surface area contributed by atoms with Crippen LogP contribution in [0.5, 0.6) is 0 Å². The number of amides is 2.